The number of hydrogen-bond acceptors (Lipinski definition) is 6. The Kier molecular flexibility index (Phi) is 6.88. The van der Waals surface area contributed by atoms with Crippen LogP contribution in [0, 0.1) is 0 Å². The molecule has 2 heterocycles. The first kappa shape index (κ1) is 22.6. The number of nitrogens with zero attached hydrogens (tertiary/aromatic N) is 2. The predicted octanol–water partition coefficient (Wildman–Crippen LogP) is 6.90. The molecule has 1 saturated heterocycles. The van der Waals surface area contributed by atoms with Crippen molar-refractivity contribution < 1.29 is 19.0 Å². The highest BCUT2D eigenvalue weighted by molar-refractivity contribution is 6.30. The van der Waals surface area contributed by atoms with Crippen molar-refractivity contribution in [3.05, 3.63) is 65.7 Å². The van der Waals surface area contributed by atoms with E-state index in [-0.39, 0.29) is 5.75 Å². The van der Waals surface area contributed by atoms with Gasteiger partial charge in [-0.15, -0.1) is 0 Å². The highest BCUT2D eigenvalue weighted by Gasteiger charge is 2.15. The van der Waals surface area contributed by atoms with Crippen LogP contribution in [0.1, 0.15) is 25.7 Å². The number of hydrogen-bond donors (Lipinski definition) is 1. The molecule has 1 aliphatic heterocycles. The number of benzene rings is 3. The molecule has 1 N–H and O–H groups in total. The number of phenolic OH excluding ortho intramolecular Hbond substituents is 1. The zero-order valence-electron chi connectivity index (χ0n) is 18.9. The van der Waals surface area contributed by atoms with E-state index in [0.717, 1.165) is 13.0 Å². The van der Waals surface area contributed by atoms with Crippen LogP contribution in [0.5, 0.6) is 23.0 Å². The monoisotopic (exact) mass is 478 g/mol. The minimum absolute atomic E-state index is 0.0673. The van der Waals surface area contributed by atoms with E-state index >= 15 is 0 Å². The summed E-state index contributed by atoms with van der Waals surface area (Å²) in [6.07, 6.45) is 4.90. The first-order valence-electron chi connectivity index (χ1n) is 11.7. The van der Waals surface area contributed by atoms with Crippen LogP contribution >= 0.6 is 11.6 Å². The summed E-state index contributed by atoms with van der Waals surface area (Å²) < 4.78 is 17.6. The molecule has 0 unspecified atom stereocenters. The van der Waals surface area contributed by atoms with Crippen molar-refractivity contribution in [2.24, 2.45) is 0 Å². The fourth-order valence-electron chi connectivity index (χ4n) is 4.17. The van der Waals surface area contributed by atoms with Gasteiger partial charge in [0.15, 0.2) is 5.58 Å². The van der Waals surface area contributed by atoms with Gasteiger partial charge in [0.2, 0.25) is 5.89 Å². The molecule has 5 rings (SSSR count). The zero-order chi connectivity index (χ0) is 23.3. The first-order chi connectivity index (χ1) is 16.6. The lowest BCUT2D eigenvalue weighted by Gasteiger charge is -2.26. The summed E-state index contributed by atoms with van der Waals surface area (Å²) >= 11 is 5.93. The minimum atomic E-state index is 0.0673. The van der Waals surface area contributed by atoms with Crippen LogP contribution in [0.3, 0.4) is 0 Å². The van der Waals surface area contributed by atoms with Gasteiger partial charge in [-0.25, -0.2) is 4.98 Å². The molecule has 0 spiro atoms. The number of halogens is 1. The summed E-state index contributed by atoms with van der Waals surface area (Å²) in [5.41, 5.74) is 1.76. The Morgan fingerprint density at radius 3 is 2.47 bits per heavy atom. The standard InChI is InChI=1S/C27H27ClN2O4/c28-19-5-7-20(8-6-19)33-22-10-12-24-26(18-22)34-27(29-24)23-11-9-21(17-25(23)31)32-16-4-15-30-13-2-1-3-14-30/h5-12,17-18,31H,1-4,13-16H2. The lowest BCUT2D eigenvalue weighted by molar-refractivity contribution is 0.205. The van der Waals surface area contributed by atoms with Crippen molar-refractivity contribution in [3.8, 4) is 34.5 Å². The molecule has 3 aromatic carbocycles. The molecule has 0 amide bonds. The van der Waals surface area contributed by atoms with Crippen LogP contribution in [-0.2, 0) is 0 Å². The van der Waals surface area contributed by atoms with Crippen LogP contribution in [0.25, 0.3) is 22.6 Å². The fraction of sp³-hybridized carbons (Fsp3) is 0.296. The largest absolute Gasteiger partial charge is 0.507 e. The van der Waals surface area contributed by atoms with Gasteiger partial charge in [0.25, 0.3) is 0 Å². The Morgan fingerprint density at radius 1 is 0.912 bits per heavy atom. The summed E-state index contributed by atoms with van der Waals surface area (Å²) in [6.45, 7) is 4.05. The lowest BCUT2D eigenvalue weighted by atomic mass is 10.1. The van der Waals surface area contributed by atoms with Gasteiger partial charge in [-0.05, 0) is 80.9 Å². The van der Waals surface area contributed by atoms with Gasteiger partial charge in [0.1, 0.15) is 28.5 Å². The van der Waals surface area contributed by atoms with E-state index in [1.807, 2.05) is 18.2 Å². The third kappa shape index (κ3) is 5.46. The van der Waals surface area contributed by atoms with Crippen LogP contribution in [0.15, 0.2) is 65.1 Å². The quantitative estimate of drug-likeness (QED) is 0.278. The van der Waals surface area contributed by atoms with Gasteiger partial charge < -0.3 is 23.9 Å². The van der Waals surface area contributed by atoms with Crippen LogP contribution in [0.4, 0.5) is 0 Å². The maximum atomic E-state index is 10.6. The SMILES string of the molecule is Oc1cc(OCCCN2CCCCC2)ccc1-c1nc2ccc(Oc3ccc(Cl)cc3)cc2o1. The Labute approximate surface area is 203 Å². The van der Waals surface area contributed by atoms with E-state index in [1.165, 1.54) is 32.4 Å². The number of aromatic nitrogens is 1. The average Bonchev–Trinajstić information content (AvgIpc) is 3.27. The van der Waals surface area contributed by atoms with E-state index in [2.05, 4.69) is 9.88 Å². The summed E-state index contributed by atoms with van der Waals surface area (Å²) in [5.74, 6) is 2.34. The molecule has 4 aromatic rings. The van der Waals surface area contributed by atoms with E-state index < -0.39 is 0 Å². The number of fused-ring (bicyclic) bond motifs is 1. The van der Waals surface area contributed by atoms with Crippen molar-refractivity contribution in [3.63, 3.8) is 0 Å². The molecular weight excluding hydrogens is 452 g/mol. The van der Waals surface area contributed by atoms with Crippen molar-refractivity contribution >= 4 is 22.7 Å². The van der Waals surface area contributed by atoms with Crippen LogP contribution < -0.4 is 9.47 Å². The molecular formula is C27H27ClN2O4. The van der Waals surface area contributed by atoms with E-state index in [4.69, 9.17) is 25.5 Å². The number of aromatic hydroxyl groups is 1. The number of phenols is 1. The molecule has 7 heteroatoms. The lowest BCUT2D eigenvalue weighted by Crippen LogP contribution is -2.31. The average molecular weight is 479 g/mol. The number of ether oxygens (including phenoxy) is 2. The second-order valence-electron chi connectivity index (χ2n) is 8.49. The molecule has 1 aromatic heterocycles. The van der Waals surface area contributed by atoms with E-state index in [9.17, 15) is 5.11 Å². The van der Waals surface area contributed by atoms with Crippen molar-refractivity contribution in [1.29, 1.82) is 0 Å². The van der Waals surface area contributed by atoms with Gasteiger partial charge in [-0.1, -0.05) is 18.0 Å². The fourth-order valence-corrected chi connectivity index (χ4v) is 4.29. The summed E-state index contributed by atoms with van der Waals surface area (Å²) in [5, 5.41) is 11.2. The molecule has 1 fully saturated rings. The highest BCUT2D eigenvalue weighted by Crippen LogP contribution is 2.35. The summed E-state index contributed by atoms with van der Waals surface area (Å²) in [6, 6.07) is 17.8. The van der Waals surface area contributed by atoms with E-state index in [1.54, 1.807) is 42.5 Å². The molecule has 0 aliphatic carbocycles. The maximum absolute atomic E-state index is 10.6. The summed E-state index contributed by atoms with van der Waals surface area (Å²) in [7, 11) is 0. The van der Waals surface area contributed by atoms with Gasteiger partial charge >= 0.3 is 0 Å². The number of rotatable bonds is 8. The molecule has 0 atom stereocenters. The third-order valence-electron chi connectivity index (χ3n) is 5.94. The summed E-state index contributed by atoms with van der Waals surface area (Å²) in [4.78, 5) is 7.01. The minimum Gasteiger partial charge on any atom is -0.507 e. The predicted molar refractivity (Wildman–Crippen MR) is 133 cm³/mol. The molecule has 176 valence electrons. The smallest absolute Gasteiger partial charge is 0.231 e. The topological polar surface area (TPSA) is 68.0 Å². The van der Waals surface area contributed by atoms with Crippen molar-refractivity contribution in [2.45, 2.75) is 25.7 Å². The number of likely N-dealkylation sites (tertiary alicyclic amines) is 1. The molecule has 0 saturated carbocycles. The van der Waals surface area contributed by atoms with Crippen molar-refractivity contribution in [1.82, 2.24) is 9.88 Å². The van der Waals surface area contributed by atoms with Crippen molar-refractivity contribution in [2.75, 3.05) is 26.2 Å². The second-order valence-corrected chi connectivity index (χ2v) is 8.92. The van der Waals surface area contributed by atoms with Gasteiger partial charge in [0, 0.05) is 23.7 Å². The van der Waals surface area contributed by atoms with Crippen LogP contribution in [-0.4, -0.2) is 41.2 Å². The zero-order valence-corrected chi connectivity index (χ0v) is 19.6. The second kappa shape index (κ2) is 10.4. The first-order valence-corrected chi connectivity index (χ1v) is 12.0. The van der Waals surface area contributed by atoms with Gasteiger partial charge in [-0.3, -0.25) is 0 Å². The Bertz CT molecular complexity index is 1250. The third-order valence-corrected chi connectivity index (χ3v) is 6.20. The van der Waals surface area contributed by atoms with Crippen LogP contribution in [0.2, 0.25) is 5.02 Å². The Hall–Kier alpha value is -3.22. The van der Waals surface area contributed by atoms with E-state index in [0.29, 0.717) is 51.4 Å². The molecule has 0 radical (unpaired) electrons. The highest BCUT2D eigenvalue weighted by atomic mass is 35.5. The number of oxazole rings is 1. The molecule has 34 heavy (non-hydrogen) atoms. The molecule has 6 nitrogen and oxygen atoms in total. The van der Waals surface area contributed by atoms with Gasteiger partial charge in [0.05, 0.1) is 12.2 Å². The molecule has 1 aliphatic rings. The van der Waals surface area contributed by atoms with Gasteiger partial charge in [-0.2, -0.15) is 0 Å². The Morgan fingerprint density at radius 2 is 1.68 bits per heavy atom. The number of piperidine rings is 1. The molecule has 0 bridgehead atoms. The normalized spacial score (nSPS) is 14.4. The Balaban J connectivity index is 1.23. The maximum Gasteiger partial charge on any atom is 0.231 e.